The van der Waals surface area contributed by atoms with Crippen LogP contribution in [0.15, 0.2) is 12.4 Å². The predicted octanol–water partition coefficient (Wildman–Crippen LogP) is 0.380. The van der Waals surface area contributed by atoms with E-state index in [9.17, 15) is 4.79 Å². The van der Waals surface area contributed by atoms with Crippen molar-refractivity contribution in [3.63, 3.8) is 0 Å². The second-order valence-corrected chi connectivity index (χ2v) is 4.02. The van der Waals surface area contributed by atoms with Crippen LogP contribution >= 0.6 is 0 Å². The second-order valence-electron chi connectivity index (χ2n) is 4.02. The van der Waals surface area contributed by atoms with Gasteiger partial charge in [-0.1, -0.05) is 13.8 Å². The minimum atomic E-state index is -0.684. The van der Waals surface area contributed by atoms with E-state index in [1.807, 2.05) is 31.5 Å². The zero-order valence-electron chi connectivity index (χ0n) is 9.34. The zero-order chi connectivity index (χ0) is 11.6. The highest BCUT2D eigenvalue weighted by Gasteiger charge is 2.22. The molecular weight excluding hydrogens is 192 g/mol. The maximum absolute atomic E-state index is 11.0. The highest BCUT2D eigenvalue weighted by Crippen LogP contribution is 2.18. The minimum absolute atomic E-state index is 0.164. The summed E-state index contributed by atoms with van der Waals surface area (Å²) in [6.07, 6.45) is 3.53. The summed E-state index contributed by atoms with van der Waals surface area (Å²) in [5, 5.41) is 0. The summed E-state index contributed by atoms with van der Waals surface area (Å²) in [5.74, 6) is 0.715. The summed E-state index contributed by atoms with van der Waals surface area (Å²) in [5.41, 5.74) is 10.9. The van der Waals surface area contributed by atoms with Gasteiger partial charge in [0.2, 0.25) is 5.91 Å². The van der Waals surface area contributed by atoms with Crippen LogP contribution in [0.1, 0.15) is 38.6 Å². The van der Waals surface area contributed by atoms with Gasteiger partial charge >= 0.3 is 0 Å². The predicted molar refractivity (Wildman–Crippen MR) is 58.2 cm³/mol. The molecule has 1 aromatic rings. The van der Waals surface area contributed by atoms with Gasteiger partial charge in [0, 0.05) is 18.3 Å². The number of primary amides is 1. The molecule has 2 unspecified atom stereocenters. The molecule has 0 saturated carbocycles. The number of hydrogen-bond acceptors (Lipinski definition) is 3. The lowest BCUT2D eigenvalue weighted by Gasteiger charge is -2.21. The Morgan fingerprint density at radius 2 is 2.07 bits per heavy atom. The fourth-order valence-corrected chi connectivity index (χ4v) is 1.53. The van der Waals surface area contributed by atoms with Crippen LogP contribution in [0.4, 0.5) is 0 Å². The van der Waals surface area contributed by atoms with E-state index in [0.29, 0.717) is 5.92 Å². The maximum atomic E-state index is 11.0. The van der Waals surface area contributed by atoms with Crippen LogP contribution in [0.2, 0.25) is 0 Å². The summed E-state index contributed by atoms with van der Waals surface area (Å²) in [6, 6.07) is -0.848. The van der Waals surface area contributed by atoms with E-state index in [1.165, 1.54) is 0 Å². The van der Waals surface area contributed by atoms with Crippen molar-refractivity contribution in [2.75, 3.05) is 0 Å². The van der Waals surface area contributed by atoms with Crippen LogP contribution in [0, 0.1) is 0 Å². The molecule has 0 spiro atoms. The SMILES string of the molecule is CC(C)c1nccn1C(C)C(N)C(N)=O. The van der Waals surface area contributed by atoms with E-state index in [-0.39, 0.29) is 6.04 Å². The Balaban J connectivity index is 2.95. The fourth-order valence-electron chi connectivity index (χ4n) is 1.53. The molecule has 4 N–H and O–H groups in total. The molecule has 0 bridgehead atoms. The molecular formula is C10H18N4O. The molecule has 1 aromatic heterocycles. The highest BCUT2D eigenvalue weighted by atomic mass is 16.1. The normalized spacial score (nSPS) is 15.3. The Labute approximate surface area is 89.5 Å². The summed E-state index contributed by atoms with van der Waals surface area (Å²) in [4.78, 5) is 15.2. The molecule has 5 nitrogen and oxygen atoms in total. The molecule has 0 aliphatic rings. The minimum Gasteiger partial charge on any atom is -0.368 e. The first kappa shape index (κ1) is 11.7. The Morgan fingerprint density at radius 1 is 1.47 bits per heavy atom. The molecule has 84 valence electrons. The molecule has 0 aliphatic carbocycles. The number of amides is 1. The summed E-state index contributed by atoms with van der Waals surface area (Å²) < 4.78 is 1.90. The van der Waals surface area contributed by atoms with E-state index < -0.39 is 11.9 Å². The lowest BCUT2D eigenvalue weighted by molar-refractivity contribution is -0.120. The largest absolute Gasteiger partial charge is 0.368 e. The molecule has 15 heavy (non-hydrogen) atoms. The van der Waals surface area contributed by atoms with Crippen molar-refractivity contribution in [2.45, 2.75) is 38.8 Å². The Morgan fingerprint density at radius 3 is 2.53 bits per heavy atom. The van der Waals surface area contributed by atoms with Crippen LogP contribution in [0.25, 0.3) is 0 Å². The number of aromatic nitrogens is 2. The molecule has 1 heterocycles. The second kappa shape index (κ2) is 4.44. The number of carbonyl (C=O) groups is 1. The van der Waals surface area contributed by atoms with Crippen LogP contribution in [0.5, 0.6) is 0 Å². The topological polar surface area (TPSA) is 86.9 Å². The highest BCUT2D eigenvalue weighted by molar-refractivity contribution is 5.80. The van der Waals surface area contributed by atoms with Gasteiger partial charge in [0.05, 0.1) is 6.04 Å². The number of carbonyl (C=O) groups excluding carboxylic acids is 1. The molecule has 0 fully saturated rings. The first-order valence-electron chi connectivity index (χ1n) is 5.02. The van der Waals surface area contributed by atoms with Crippen LogP contribution in [-0.4, -0.2) is 21.5 Å². The molecule has 0 aromatic carbocycles. The first-order chi connectivity index (χ1) is 6.95. The van der Waals surface area contributed by atoms with Crippen molar-refractivity contribution in [1.82, 2.24) is 9.55 Å². The fraction of sp³-hybridized carbons (Fsp3) is 0.600. The van der Waals surface area contributed by atoms with Gasteiger partial charge in [-0.05, 0) is 6.92 Å². The third-order valence-electron chi connectivity index (χ3n) is 2.50. The Bertz CT molecular complexity index is 345. The lowest BCUT2D eigenvalue weighted by atomic mass is 10.1. The van der Waals surface area contributed by atoms with Gasteiger partial charge in [-0.15, -0.1) is 0 Å². The molecule has 1 rings (SSSR count). The van der Waals surface area contributed by atoms with E-state index in [4.69, 9.17) is 11.5 Å². The van der Waals surface area contributed by atoms with Crippen molar-refractivity contribution >= 4 is 5.91 Å². The van der Waals surface area contributed by atoms with E-state index >= 15 is 0 Å². The van der Waals surface area contributed by atoms with Gasteiger partial charge in [-0.25, -0.2) is 4.98 Å². The number of nitrogens with two attached hydrogens (primary N) is 2. The van der Waals surface area contributed by atoms with E-state index in [2.05, 4.69) is 4.98 Å². The summed E-state index contributed by atoms with van der Waals surface area (Å²) >= 11 is 0. The number of rotatable bonds is 4. The zero-order valence-corrected chi connectivity index (χ0v) is 9.34. The van der Waals surface area contributed by atoms with Crippen molar-refractivity contribution < 1.29 is 4.79 Å². The smallest absolute Gasteiger partial charge is 0.236 e. The molecule has 0 radical (unpaired) electrons. The van der Waals surface area contributed by atoms with Gasteiger partial charge in [-0.2, -0.15) is 0 Å². The van der Waals surface area contributed by atoms with E-state index in [0.717, 1.165) is 5.82 Å². The van der Waals surface area contributed by atoms with Gasteiger partial charge in [0.1, 0.15) is 11.9 Å². The summed E-state index contributed by atoms with van der Waals surface area (Å²) in [7, 11) is 0. The molecule has 1 amide bonds. The first-order valence-corrected chi connectivity index (χ1v) is 5.02. The quantitative estimate of drug-likeness (QED) is 0.753. The monoisotopic (exact) mass is 210 g/mol. The van der Waals surface area contributed by atoms with Crippen molar-refractivity contribution in [3.8, 4) is 0 Å². The average molecular weight is 210 g/mol. The van der Waals surface area contributed by atoms with Crippen LogP contribution in [0.3, 0.4) is 0 Å². The van der Waals surface area contributed by atoms with Gasteiger partial charge in [-0.3, -0.25) is 4.79 Å². The maximum Gasteiger partial charge on any atom is 0.236 e. The van der Waals surface area contributed by atoms with Gasteiger partial charge in [0.25, 0.3) is 0 Å². The Hall–Kier alpha value is -1.36. The number of hydrogen-bond donors (Lipinski definition) is 2. The molecule has 0 saturated heterocycles. The third-order valence-corrected chi connectivity index (χ3v) is 2.50. The molecule has 0 aliphatic heterocycles. The summed E-state index contributed by atoms with van der Waals surface area (Å²) in [6.45, 7) is 5.95. The van der Waals surface area contributed by atoms with Crippen LogP contribution in [-0.2, 0) is 4.79 Å². The average Bonchev–Trinajstić information content (AvgIpc) is 2.63. The number of imidazole rings is 1. The standard InChI is InChI=1S/C10H18N4O/c1-6(2)10-13-4-5-14(10)7(3)8(11)9(12)15/h4-8H,11H2,1-3H3,(H2,12,15). The molecule has 5 heteroatoms. The van der Waals surface area contributed by atoms with Crippen molar-refractivity contribution in [1.29, 1.82) is 0 Å². The van der Waals surface area contributed by atoms with Crippen LogP contribution < -0.4 is 11.5 Å². The van der Waals surface area contributed by atoms with Crippen molar-refractivity contribution in [3.05, 3.63) is 18.2 Å². The number of nitrogens with zero attached hydrogens (tertiary/aromatic N) is 2. The third kappa shape index (κ3) is 2.36. The van der Waals surface area contributed by atoms with Gasteiger partial charge in [0.15, 0.2) is 0 Å². The van der Waals surface area contributed by atoms with Crippen molar-refractivity contribution in [2.24, 2.45) is 11.5 Å². The van der Waals surface area contributed by atoms with E-state index in [1.54, 1.807) is 6.20 Å². The Kier molecular flexibility index (Phi) is 3.47. The van der Waals surface area contributed by atoms with Gasteiger partial charge < -0.3 is 16.0 Å². The molecule has 2 atom stereocenters. The lowest BCUT2D eigenvalue weighted by Crippen LogP contribution is -2.42.